The van der Waals surface area contributed by atoms with Gasteiger partial charge in [0.15, 0.2) is 0 Å². The van der Waals surface area contributed by atoms with Crippen molar-refractivity contribution < 1.29 is 9.53 Å². The molecule has 2 rings (SSSR count). The average molecular weight is 361 g/mol. The maximum absolute atomic E-state index is 12.5. The molecule has 1 N–H and O–H groups in total. The third-order valence-electron chi connectivity index (χ3n) is 4.08. The van der Waals surface area contributed by atoms with Crippen LogP contribution in [0.2, 0.25) is 5.02 Å². The van der Waals surface area contributed by atoms with Crippen LogP contribution >= 0.6 is 11.6 Å². The van der Waals surface area contributed by atoms with Crippen LogP contribution in [-0.4, -0.2) is 44.7 Å². The molecular weight excluding hydrogens is 336 g/mol. The van der Waals surface area contributed by atoms with Crippen LogP contribution in [0.3, 0.4) is 0 Å². The Labute approximate surface area is 154 Å². The third-order valence-corrected chi connectivity index (χ3v) is 4.49. The number of hydrogen-bond donors (Lipinski definition) is 1. The normalized spacial score (nSPS) is 10.9. The molecule has 134 valence electrons. The second-order valence-electron chi connectivity index (χ2n) is 6.16. The predicted molar refractivity (Wildman–Crippen MR) is 104 cm³/mol. The molecule has 2 aromatic rings. The lowest BCUT2D eigenvalue weighted by molar-refractivity contribution is 0.102. The number of likely N-dealkylation sites (N-methyl/N-ethyl adjacent to an activating group) is 1. The zero-order valence-corrected chi connectivity index (χ0v) is 15.8. The molecule has 0 heterocycles. The monoisotopic (exact) mass is 360 g/mol. The third kappa shape index (κ3) is 6.16. The van der Waals surface area contributed by atoms with E-state index in [1.54, 1.807) is 13.2 Å². The van der Waals surface area contributed by atoms with Gasteiger partial charge in [0.25, 0.3) is 5.91 Å². The van der Waals surface area contributed by atoms with E-state index in [2.05, 4.69) is 17.3 Å². The molecule has 0 fully saturated rings. The lowest BCUT2D eigenvalue weighted by atomic mass is 10.1. The van der Waals surface area contributed by atoms with Gasteiger partial charge in [-0.15, -0.1) is 0 Å². The van der Waals surface area contributed by atoms with E-state index in [0.717, 1.165) is 37.2 Å². The van der Waals surface area contributed by atoms with E-state index in [0.29, 0.717) is 16.3 Å². The summed E-state index contributed by atoms with van der Waals surface area (Å²) >= 11 is 6.11. The number of benzene rings is 2. The molecule has 0 bridgehead atoms. The molecule has 0 aliphatic heterocycles. The van der Waals surface area contributed by atoms with Crippen LogP contribution in [0.15, 0.2) is 42.5 Å². The summed E-state index contributed by atoms with van der Waals surface area (Å²) in [6.07, 6.45) is 0.887. The van der Waals surface area contributed by atoms with Crippen LogP contribution in [0, 0.1) is 6.92 Å². The number of anilines is 1. The highest BCUT2D eigenvalue weighted by atomic mass is 35.5. The molecule has 0 unspecified atom stereocenters. The van der Waals surface area contributed by atoms with E-state index in [-0.39, 0.29) is 5.91 Å². The molecule has 0 radical (unpaired) electrons. The van der Waals surface area contributed by atoms with E-state index >= 15 is 0 Å². The molecule has 0 saturated carbocycles. The van der Waals surface area contributed by atoms with E-state index in [4.69, 9.17) is 16.3 Å². The highest BCUT2D eigenvalue weighted by Crippen LogP contribution is 2.20. The van der Waals surface area contributed by atoms with Crippen molar-refractivity contribution in [3.8, 4) is 0 Å². The first kappa shape index (κ1) is 19.4. The topological polar surface area (TPSA) is 41.6 Å². The first-order valence-electron chi connectivity index (χ1n) is 8.33. The minimum Gasteiger partial charge on any atom is -0.383 e. The minimum absolute atomic E-state index is 0.130. The van der Waals surface area contributed by atoms with E-state index in [1.165, 1.54) is 0 Å². The zero-order chi connectivity index (χ0) is 18.2. The van der Waals surface area contributed by atoms with Gasteiger partial charge in [0.2, 0.25) is 0 Å². The van der Waals surface area contributed by atoms with Gasteiger partial charge in [0.05, 0.1) is 6.61 Å². The molecule has 5 heteroatoms. The van der Waals surface area contributed by atoms with Gasteiger partial charge >= 0.3 is 0 Å². The number of nitrogens with one attached hydrogen (secondary N) is 1. The Bertz CT molecular complexity index is 719. The standard InChI is InChI=1S/C20H25ClN2O2/c1-15-7-8-18(14-19(15)21)22-20(24)17-6-4-5-16(13-17)9-10-23(2)11-12-25-3/h4-8,13-14H,9-12H2,1-3H3,(H,22,24). The molecule has 4 nitrogen and oxygen atoms in total. The van der Waals surface area contributed by atoms with Crippen molar-refractivity contribution in [2.45, 2.75) is 13.3 Å². The molecule has 0 aliphatic rings. The second-order valence-corrected chi connectivity index (χ2v) is 6.57. The van der Waals surface area contributed by atoms with Gasteiger partial charge in [0, 0.05) is 36.5 Å². The Morgan fingerprint density at radius 1 is 1.20 bits per heavy atom. The summed E-state index contributed by atoms with van der Waals surface area (Å²) in [5.41, 5.74) is 3.47. The zero-order valence-electron chi connectivity index (χ0n) is 15.0. The molecule has 0 aromatic heterocycles. The van der Waals surface area contributed by atoms with Crippen molar-refractivity contribution in [2.24, 2.45) is 0 Å². The van der Waals surface area contributed by atoms with Crippen LogP contribution < -0.4 is 5.32 Å². The summed E-state index contributed by atoms with van der Waals surface area (Å²) in [5.74, 6) is -0.130. The van der Waals surface area contributed by atoms with E-state index < -0.39 is 0 Å². The quantitative estimate of drug-likeness (QED) is 0.773. The highest BCUT2D eigenvalue weighted by molar-refractivity contribution is 6.31. The number of hydrogen-bond acceptors (Lipinski definition) is 3. The number of nitrogens with zero attached hydrogens (tertiary/aromatic N) is 1. The Morgan fingerprint density at radius 3 is 2.72 bits per heavy atom. The molecule has 25 heavy (non-hydrogen) atoms. The number of amides is 1. The summed E-state index contributed by atoms with van der Waals surface area (Å²) in [6.45, 7) is 4.46. The molecule has 0 saturated heterocycles. The summed E-state index contributed by atoms with van der Waals surface area (Å²) in [6, 6.07) is 13.2. The molecular formula is C20H25ClN2O2. The summed E-state index contributed by atoms with van der Waals surface area (Å²) in [4.78, 5) is 14.7. The van der Waals surface area contributed by atoms with Crippen molar-refractivity contribution >= 4 is 23.2 Å². The number of aryl methyl sites for hydroxylation is 1. The van der Waals surface area contributed by atoms with Crippen LogP contribution in [0.5, 0.6) is 0 Å². The second kappa shape index (κ2) is 9.56. The summed E-state index contributed by atoms with van der Waals surface area (Å²) < 4.78 is 5.08. The average Bonchev–Trinajstić information content (AvgIpc) is 2.61. The fourth-order valence-electron chi connectivity index (χ4n) is 2.42. The van der Waals surface area contributed by atoms with Crippen LogP contribution in [0.4, 0.5) is 5.69 Å². The van der Waals surface area contributed by atoms with Gasteiger partial charge in [-0.3, -0.25) is 4.79 Å². The molecule has 1 amide bonds. The predicted octanol–water partition coefficient (Wildman–Crippen LogP) is 4.02. The van der Waals surface area contributed by atoms with Crippen molar-refractivity contribution in [1.29, 1.82) is 0 Å². The Balaban J connectivity index is 1.97. The summed E-state index contributed by atoms with van der Waals surface area (Å²) in [5, 5.41) is 3.54. The largest absolute Gasteiger partial charge is 0.383 e. The van der Waals surface area contributed by atoms with Crippen molar-refractivity contribution in [3.05, 3.63) is 64.2 Å². The van der Waals surface area contributed by atoms with Crippen LogP contribution in [0.25, 0.3) is 0 Å². The minimum atomic E-state index is -0.130. The number of rotatable bonds is 8. The van der Waals surface area contributed by atoms with Gasteiger partial charge in [-0.2, -0.15) is 0 Å². The molecule has 0 aliphatic carbocycles. The number of halogens is 1. The SMILES string of the molecule is COCCN(C)CCc1cccc(C(=O)Nc2ccc(C)c(Cl)c2)c1. The lowest BCUT2D eigenvalue weighted by Crippen LogP contribution is -2.25. The first-order chi connectivity index (χ1) is 12.0. The van der Waals surface area contributed by atoms with Crippen molar-refractivity contribution in [3.63, 3.8) is 0 Å². The molecule has 2 aromatic carbocycles. The van der Waals surface area contributed by atoms with Crippen LogP contribution in [-0.2, 0) is 11.2 Å². The van der Waals surface area contributed by atoms with Gasteiger partial charge in [-0.25, -0.2) is 0 Å². The Kier molecular flexibility index (Phi) is 7.44. The smallest absolute Gasteiger partial charge is 0.255 e. The highest BCUT2D eigenvalue weighted by Gasteiger charge is 2.08. The number of methoxy groups -OCH3 is 1. The number of ether oxygens (including phenoxy) is 1. The van der Waals surface area contributed by atoms with Crippen LogP contribution in [0.1, 0.15) is 21.5 Å². The number of carbonyl (C=O) groups excluding carboxylic acids is 1. The molecule has 0 spiro atoms. The fourth-order valence-corrected chi connectivity index (χ4v) is 2.60. The first-order valence-corrected chi connectivity index (χ1v) is 8.71. The number of carbonyl (C=O) groups is 1. The maximum Gasteiger partial charge on any atom is 0.255 e. The Morgan fingerprint density at radius 2 is 2.00 bits per heavy atom. The van der Waals surface area contributed by atoms with Gasteiger partial charge in [-0.1, -0.05) is 29.8 Å². The lowest BCUT2D eigenvalue weighted by Gasteiger charge is -2.16. The van der Waals surface area contributed by atoms with Gasteiger partial charge in [0.1, 0.15) is 0 Å². The fraction of sp³-hybridized carbons (Fsp3) is 0.350. The Hall–Kier alpha value is -1.88. The summed E-state index contributed by atoms with van der Waals surface area (Å²) in [7, 11) is 3.77. The van der Waals surface area contributed by atoms with Gasteiger partial charge < -0.3 is 15.0 Å². The maximum atomic E-state index is 12.5. The molecule has 0 atom stereocenters. The van der Waals surface area contributed by atoms with Gasteiger partial charge in [-0.05, 0) is 55.8 Å². The van der Waals surface area contributed by atoms with Crippen molar-refractivity contribution in [2.75, 3.05) is 39.2 Å². The van der Waals surface area contributed by atoms with E-state index in [9.17, 15) is 4.79 Å². The van der Waals surface area contributed by atoms with E-state index in [1.807, 2.05) is 43.3 Å². The van der Waals surface area contributed by atoms with Crippen molar-refractivity contribution in [1.82, 2.24) is 4.90 Å².